The Bertz CT molecular complexity index is 734. The number of carbonyl (C=O) groups excluding carboxylic acids is 2. The molecule has 1 aromatic carbocycles. The first kappa shape index (κ1) is 19.3. The molecule has 1 aliphatic rings. The van der Waals surface area contributed by atoms with Crippen LogP contribution in [0, 0.1) is 0 Å². The number of nitrogens with one attached hydrogen (secondary N) is 1. The van der Waals surface area contributed by atoms with Gasteiger partial charge in [0, 0.05) is 20.1 Å². The van der Waals surface area contributed by atoms with E-state index in [2.05, 4.69) is 15.3 Å². The van der Waals surface area contributed by atoms with Crippen molar-refractivity contribution in [3.63, 3.8) is 0 Å². The number of nitrogens with zero attached hydrogens (tertiary/aromatic N) is 1. The van der Waals surface area contributed by atoms with Crippen LogP contribution in [0.4, 0.5) is 18.9 Å². The molecule has 0 aliphatic carbocycles. The van der Waals surface area contributed by atoms with Crippen LogP contribution in [-0.2, 0) is 19.1 Å². The quantitative estimate of drug-likeness (QED) is 0.281. The molecule has 0 atom stereocenters. The lowest BCUT2D eigenvalue weighted by molar-refractivity contribution is -0.222. The van der Waals surface area contributed by atoms with Crippen LogP contribution in [0.25, 0.3) is 0 Å². The van der Waals surface area contributed by atoms with Gasteiger partial charge >= 0.3 is 18.1 Å². The number of cyclic esters (lactones) is 2. The van der Waals surface area contributed by atoms with Crippen molar-refractivity contribution in [2.45, 2.75) is 25.8 Å². The Morgan fingerprint density at radius 1 is 1.19 bits per heavy atom. The molecule has 2 rings (SSSR count). The van der Waals surface area contributed by atoms with Gasteiger partial charge in [-0.1, -0.05) is 12.1 Å². The number of allylic oxidation sites excluding steroid dienone is 1. The molecule has 0 bridgehead atoms. The van der Waals surface area contributed by atoms with Crippen molar-refractivity contribution in [3.8, 4) is 5.75 Å². The summed E-state index contributed by atoms with van der Waals surface area (Å²) in [6, 6.07) is 5.84. The molecule has 10 heteroatoms. The summed E-state index contributed by atoms with van der Waals surface area (Å²) in [5, 5.41) is 3.72. The minimum absolute atomic E-state index is 0.0622. The zero-order chi connectivity index (χ0) is 19.4. The number of rotatable bonds is 5. The number of anilines is 1. The van der Waals surface area contributed by atoms with Crippen LogP contribution in [0.3, 0.4) is 0 Å². The molecule has 0 saturated carbocycles. The van der Waals surface area contributed by atoms with Gasteiger partial charge in [-0.2, -0.15) is 18.3 Å². The molecule has 7 nitrogen and oxygen atoms in total. The minimum atomic E-state index is -4.48. The minimum Gasteiger partial charge on any atom is -0.482 e. The van der Waals surface area contributed by atoms with Gasteiger partial charge in [-0.25, -0.2) is 9.59 Å². The molecule has 0 spiro atoms. The van der Waals surface area contributed by atoms with E-state index in [1.165, 1.54) is 32.0 Å². The molecular weight excluding hydrogens is 357 g/mol. The second kappa shape index (κ2) is 7.46. The number of alkyl halides is 3. The highest BCUT2D eigenvalue weighted by Gasteiger charge is 2.38. The summed E-state index contributed by atoms with van der Waals surface area (Å²) in [5.74, 6) is -3.15. The van der Waals surface area contributed by atoms with Crippen LogP contribution in [-0.4, -0.2) is 36.7 Å². The average Bonchev–Trinajstić information content (AvgIpc) is 2.50. The monoisotopic (exact) mass is 372 g/mol. The van der Waals surface area contributed by atoms with Gasteiger partial charge in [-0.15, -0.1) is 0 Å². The Kier molecular flexibility index (Phi) is 5.53. The summed E-state index contributed by atoms with van der Waals surface area (Å²) in [6.07, 6.45) is -2.35. The smallest absolute Gasteiger partial charge is 0.422 e. The van der Waals surface area contributed by atoms with E-state index in [-0.39, 0.29) is 17.0 Å². The van der Waals surface area contributed by atoms with Gasteiger partial charge in [0.25, 0.3) is 5.79 Å². The van der Waals surface area contributed by atoms with Crippen LogP contribution in [0.5, 0.6) is 5.75 Å². The Morgan fingerprint density at radius 3 is 2.42 bits per heavy atom. The third-order valence-corrected chi connectivity index (χ3v) is 2.90. The third kappa shape index (κ3) is 5.50. The Hall–Kier alpha value is -3.04. The molecular formula is C16H15F3N2O5. The summed E-state index contributed by atoms with van der Waals surface area (Å²) in [4.78, 5) is 23.4. The molecule has 1 aliphatic heterocycles. The number of benzene rings is 1. The van der Waals surface area contributed by atoms with E-state index in [1.807, 2.05) is 0 Å². The zero-order valence-electron chi connectivity index (χ0n) is 13.8. The number of para-hydroxylation sites is 2. The molecule has 26 heavy (non-hydrogen) atoms. The maximum absolute atomic E-state index is 12.2. The predicted octanol–water partition coefficient (Wildman–Crippen LogP) is 2.79. The van der Waals surface area contributed by atoms with Crippen molar-refractivity contribution in [2.24, 2.45) is 5.10 Å². The predicted molar refractivity (Wildman–Crippen MR) is 84.5 cm³/mol. The number of carbonyl (C=O) groups is 2. The van der Waals surface area contributed by atoms with Gasteiger partial charge in [0.1, 0.15) is 11.3 Å². The molecule has 0 aromatic heterocycles. The lowest BCUT2D eigenvalue weighted by Gasteiger charge is -2.29. The lowest BCUT2D eigenvalue weighted by atomic mass is 10.2. The van der Waals surface area contributed by atoms with Crippen molar-refractivity contribution in [1.29, 1.82) is 0 Å². The third-order valence-electron chi connectivity index (χ3n) is 2.90. The number of hydrogen-bond donors (Lipinski definition) is 1. The van der Waals surface area contributed by atoms with Crippen LogP contribution < -0.4 is 10.2 Å². The molecule has 0 amide bonds. The van der Waals surface area contributed by atoms with Crippen LogP contribution in [0.1, 0.15) is 13.8 Å². The van der Waals surface area contributed by atoms with Crippen LogP contribution in [0.2, 0.25) is 0 Å². The summed E-state index contributed by atoms with van der Waals surface area (Å²) in [6.45, 7) is 1.37. The van der Waals surface area contributed by atoms with E-state index in [1.54, 1.807) is 6.07 Å². The molecule has 1 fully saturated rings. The summed E-state index contributed by atoms with van der Waals surface area (Å²) in [5.41, 5.74) is 2.27. The van der Waals surface area contributed by atoms with Crippen molar-refractivity contribution in [1.82, 2.24) is 0 Å². The van der Waals surface area contributed by atoms with Crippen LogP contribution >= 0.6 is 0 Å². The van der Waals surface area contributed by atoms with Crippen molar-refractivity contribution >= 4 is 23.8 Å². The fourth-order valence-electron chi connectivity index (χ4n) is 1.86. The topological polar surface area (TPSA) is 86.2 Å². The van der Waals surface area contributed by atoms with E-state index < -0.39 is 30.5 Å². The maximum Gasteiger partial charge on any atom is 0.422 e. The molecule has 1 heterocycles. The highest BCUT2D eigenvalue weighted by atomic mass is 19.4. The number of esters is 2. The highest BCUT2D eigenvalue weighted by Crippen LogP contribution is 2.26. The number of ether oxygens (including phenoxy) is 3. The lowest BCUT2D eigenvalue weighted by Crippen LogP contribution is -2.41. The van der Waals surface area contributed by atoms with E-state index in [0.717, 1.165) is 12.3 Å². The van der Waals surface area contributed by atoms with Crippen molar-refractivity contribution in [2.75, 3.05) is 12.0 Å². The SMILES string of the molecule is CC1(C)OC(=O)C(=C/C=N/Nc2ccccc2OCC(F)(F)F)C(=O)O1. The van der Waals surface area contributed by atoms with E-state index in [0.29, 0.717) is 0 Å². The molecule has 1 aromatic rings. The largest absolute Gasteiger partial charge is 0.482 e. The summed E-state index contributed by atoms with van der Waals surface area (Å²) in [7, 11) is 0. The Morgan fingerprint density at radius 2 is 1.81 bits per heavy atom. The fraction of sp³-hybridized carbons (Fsp3) is 0.312. The van der Waals surface area contributed by atoms with E-state index >= 15 is 0 Å². The average molecular weight is 372 g/mol. The first-order chi connectivity index (χ1) is 12.1. The molecule has 140 valence electrons. The first-order valence-corrected chi connectivity index (χ1v) is 7.32. The highest BCUT2D eigenvalue weighted by molar-refractivity contribution is 6.17. The van der Waals surface area contributed by atoms with Gasteiger partial charge in [0.05, 0.1) is 5.69 Å². The van der Waals surface area contributed by atoms with Gasteiger partial charge in [-0.05, 0) is 18.2 Å². The summed E-state index contributed by atoms with van der Waals surface area (Å²) >= 11 is 0. The molecule has 0 unspecified atom stereocenters. The number of hydrazone groups is 1. The summed E-state index contributed by atoms with van der Waals surface area (Å²) < 4.78 is 51.2. The number of halogens is 3. The fourth-order valence-corrected chi connectivity index (χ4v) is 1.86. The molecule has 1 N–H and O–H groups in total. The Labute approximate surface area is 146 Å². The zero-order valence-corrected chi connectivity index (χ0v) is 13.8. The second-order valence-corrected chi connectivity index (χ2v) is 5.55. The van der Waals surface area contributed by atoms with Gasteiger partial charge in [-0.3, -0.25) is 5.43 Å². The maximum atomic E-state index is 12.2. The van der Waals surface area contributed by atoms with Gasteiger partial charge in [0.15, 0.2) is 6.61 Å². The molecule has 0 radical (unpaired) electrons. The molecule has 1 saturated heterocycles. The van der Waals surface area contributed by atoms with Gasteiger partial charge in [0.2, 0.25) is 0 Å². The van der Waals surface area contributed by atoms with Crippen molar-refractivity contribution < 1.29 is 37.0 Å². The Balaban J connectivity index is 2.03. The first-order valence-electron chi connectivity index (χ1n) is 7.32. The standard InChI is InChI=1S/C16H15F3N2O5/c1-15(2)25-13(22)10(14(23)26-15)7-8-20-21-11-5-3-4-6-12(11)24-9-16(17,18)19/h3-8,21H,9H2,1-2H3/b20-8+. The van der Waals surface area contributed by atoms with Gasteiger partial charge < -0.3 is 14.2 Å². The van der Waals surface area contributed by atoms with Crippen LogP contribution in [0.15, 0.2) is 41.0 Å². The van der Waals surface area contributed by atoms with E-state index in [4.69, 9.17) is 9.47 Å². The second-order valence-electron chi connectivity index (χ2n) is 5.55. The van der Waals surface area contributed by atoms with E-state index in [9.17, 15) is 22.8 Å². The normalized spacial score (nSPS) is 16.9. The van der Waals surface area contributed by atoms with Crippen molar-refractivity contribution in [3.05, 3.63) is 35.9 Å². The number of hydrogen-bond acceptors (Lipinski definition) is 7.